The Hall–Kier alpha value is -0.940. The zero-order valence-electron chi connectivity index (χ0n) is 16.4. The molecule has 0 aromatic carbocycles. The summed E-state index contributed by atoms with van der Waals surface area (Å²) in [6.07, 6.45) is 2.92. The van der Waals surface area contributed by atoms with Crippen molar-refractivity contribution >= 4 is 29.9 Å². The summed E-state index contributed by atoms with van der Waals surface area (Å²) < 4.78 is 16.1. The molecular formula is C17H34IN5O3. The van der Waals surface area contributed by atoms with Gasteiger partial charge in [0, 0.05) is 39.1 Å². The molecule has 0 radical (unpaired) electrons. The van der Waals surface area contributed by atoms with Gasteiger partial charge in [0.15, 0.2) is 11.8 Å². The molecule has 152 valence electrons. The van der Waals surface area contributed by atoms with Crippen molar-refractivity contribution in [3.05, 3.63) is 11.7 Å². The molecule has 2 N–H and O–H groups in total. The minimum atomic E-state index is 0. The Morgan fingerprint density at radius 1 is 1.12 bits per heavy atom. The first-order chi connectivity index (χ1) is 12.2. The number of hydrogen-bond acceptors (Lipinski definition) is 6. The van der Waals surface area contributed by atoms with Gasteiger partial charge in [0.1, 0.15) is 0 Å². The highest BCUT2D eigenvalue weighted by Gasteiger charge is 2.09. The van der Waals surface area contributed by atoms with Gasteiger partial charge in [-0.3, -0.25) is 4.99 Å². The molecule has 1 rings (SSSR count). The van der Waals surface area contributed by atoms with Crippen molar-refractivity contribution in [1.29, 1.82) is 0 Å². The van der Waals surface area contributed by atoms with Crippen molar-refractivity contribution in [2.24, 2.45) is 4.99 Å². The van der Waals surface area contributed by atoms with Gasteiger partial charge in [-0.15, -0.1) is 24.0 Å². The first-order valence-electron chi connectivity index (χ1n) is 9.09. The molecule has 0 spiro atoms. The second-order valence-corrected chi connectivity index (χ2v) is 5.96. The Morgan fingerprint density at radius 2 is 1.81 bits per heavy atom. The van der Waals surface area contributed by atoms with Crippen LogP contribution in [0.25, 0.3) is 0 Å². The van der Waals surface area contributed by atoms with E-state index in [1.807, 2.05) is 13.8 Å². The lowest BCUT2D eigenvalue weighted by Gasteiger charge is -2.11. The quantitative estimate of drug-likeness (QED) is 0.193. The van der Waals surface area contributed by atoms with Crippen LogP contribution in [0, 0.1) is 0 Å². The molecule has 0 bridgehead atoms. The number of ether oxygens (including phenoxy) is 2. The number of aliphatic imine (C=N–C) groups is 1. The minimum absolute atomic E-state index is 0. The fraction of sp³-hybridized carbons (Fsp3) is 0.824. The third-order valence-electron chi connectivity index (χ3n) is 3.41. The lowest BCUT2D eigenvalue weighted by Crippen LogP contribution is -2.39. The molecule has 9 heteroatoms. The van der Waals surface area contributed by atoms with Gasteiger partial charge in [0.2, 0.25) is 5.89 Å². The number of guanidine groups is 1. The third kappa shape index (κ3) is 11.6. The number of nitrogens with zero attached hydrogens (tertiary/aromatic N) is 3. The van der Waals surface area contributed by atoms with Crippen LogP contribution in [0.5, 0.6) is 0 Å². The molecule has 8 nitrogen and oxygen atoms in total. The summed E-state index contributed by atoms with van der Waals surface area (Å²) in [6.45, 7) is 10.3. The Bertz CT molecular complexity index is 483. The number of unbranched alkanes of at least 4 members (excludes halogenated alkanes) is 1. The maximum atomic E-state index is 5.50. The van der Waals surface area contributed by atoms with Gasteiger partial charge < -0.3 is 24.6 Å². The summed E-state index contributed by atoms with van der Waals surface area (Å²) >= 11 is 0. The standard InChI is InChI=1S/C17H33N5O3.HI/c1-5-6-10-23-12-13-24-11-9-20-17(18-4)19-8-7-15-21-16(14(2)3)22-25-15;/h14H,5-13H2,1-4H3,(H2,18,19,20);1H. The summed E-state index contributed by atoms with van der Waals surface area (Å²) in [4.78, 5) is 8.51. The van der Waals surface area contributed by atoms with Crippen molar-refractivity contribution in [1.82, 2.24) is 20.8 Å². The monoisotopic (exact) mass is 483 g/mol. The third-order valence-corrected chi connectivity index (χ3v) is 3.41. The predicted octanol–water partition coefficient (Wildman–Crippen LogP) is 2.35. The van der Waals surface area contributed by atoms with Crippen LogP contribution in [0.2, 0.25) is 0 Å². The molecule has 0 aliphatic carbocycles. The molecule has 0 fully saturated rings. The summed E-state index contributed by atoms with van der Waals surface area (Å²) in [5.74, 6) is 2.38. The van der Waals surface area contributed by atoms with E-state index in [9.17, 15) is 0 Å². The highest BCUT2D eigenvalue weighted by molar-refractivity contribution is 14.0. The second-order valence-electron chi connectivity index (χ2n) is 5.96. The fourth-order valence-electron chi connectivity index (χ4n) is 1.92. The molecule has 1 heterocycles. The number of halogens is 1. The van der Waals surface area contributed by atoms with Gasteiger partial charge in [0.05, 0.1) is 19.8 Å². The Morgan fingerprint density at radius 3 is 2.42 bits per heavy atom. The van der Waals surface area contributed by atoms with E-state index in [0.717, 1.165) is 31.2 Å². The zero-order chi connectivity index (χ0) is 18.3. The van der Waals surface area contributed by atoms with Gasteiger partial charge in [-0.2, -0.15) is 4.98 Å². The summed E-state index contributed by atoms with van der Waals surface area (Å²) in [5.41, 5.74) is 0. The molecule has 0 unspecified atom stereocenters. The molecule has 0 amide bonds. The molecule has 0 saturated heterocycles. The average Bonchev–Trinajstić information content (AvgIpc) is 3.08. The lowest BCUT2D eigenvalue weighted by atomic mass is 10.2. The van der Waals surface area contributed by atoms with Crippen molar-refractivity contribution in [3.63, 3.8) is 0 Å². The van der Waals surface area contributed by atoms with Crippen molar-refractivity contribution in [2.45, 2.75) is 46.0 Å². The zero-order valence-corrected chi connectivity index (χ0v) is 18.7. The lowest BCUT2D eigenvalue weighted by molar-refractivity contribution is 0.0487. The predicted molar refractivity (Wildman–Crippen MR) is 113 cm³/mol. The minimum Gasteiger partial charge on any atom is -0.379 e. The largest absolute Gasteiger partial charge is 0.379 e. The van der Waals surface area contributed by atoms with Crippen LogP contribution in [0.1, 0.15) is 51.2 Å². The second kappa shape index (κ2) is 16.2. The van der Waals surface area contributed by atoms with Gasteiger partial charge in [-0.1, -0.05) is 32.3 Å². The van der Waals surface area contributed by atoms with Crippen LogP contribution in [-0.2, 0) is 15.9 Å². The Kier molecular flexibility index (Phi) is 15.7. The van der Waals surface area contributed by atoms with Crippen molar-refractivity contribution < 1.29 is 14.0 Å². The van der Waals surface area contributed by atoms with Gasteiger partial charge >= 0.3 is 0 Å². The number of aromatic nitrogens is 2. The maximum Gasteiger partial charge on any atom is 0.228 e. The van der Waals surface area contributed by atoms with Gasteiger partial charge in [0.25, 0.3) is 0 Å². The van der Waals surface area contributed by atoms with Crippen LogP contribution >= 0.6 is 24.0 Å². The first-order valence-corrected chi connectivity index (χ1v) is 9.09. The summed E-state index contributed by atoms with van der Waals surface area (Å²) in [7, 11) is 1.74. The molecule has 26 heavy (non-hydrogen) atoms. The van der Waals surface area contributed by atoms with Gasteiger partial charge in [-0.05, 0) is 6.42 Å². The topological polar surface area (TPSA) is 93.8 Å². The summed E-state index contributed by atoms with van der Waals surface area (Å²) in [5, 5.41) is 10.4. The van der Waals surface area contributed by atoms with E-state index in [4.69, 9.17) is 14.0 Å². The number of nitrogens with one attached hydrogen (secondary N) is 2. The highest BCUT2D eigenvalue weighted by Crippen LogP contribution is 2.09. The van der Waals surface area contributed by atoms with Crippen molar-refractivity contribution in [3.8, 4) is 0 Å². The van der Waals surface area contributed by atoms with Gasteiger partial charge in [-0.25, -0.2) is 0 Å². The molecule has 0 aliphatic rings. The number of hydrogen-bond donors (Lipinski definition) is 2. The summed E-state index contributed by atoms with van der Waals surface area (Å²) in [6, 6.07) is 0. The van der Waals surface area contributed by atoms with Crippen LogP contribution in [0.3, 0.4) is 0 Å². The van der Waals surface area contributed by atoms with Crippen LogP contribution in [0.15, 0.2) is 9.52 Å². The Balaban J connectivity index is 0.00000625. The maximum absolute atomic E-state index is 5.50. The smallest absolute Gasteiger partial charge is 0.228 e. The van der Waals surface area contributed by atoms with Crippen LogP contribution in [0.4, 0.5) is 0 Å². The van der Waals surface area contributed by atoms with E-state index in [1.165, 1.54) is 0 Å². The molecule has 1 aromatic heterocycles. The molecule has 1 aromatic rings. The molecule has 0 atom stereocenters. The molecular weight excluding hydrogens is 449 g/mol. The Labute approximate surface area is 173 Å². The first kappa shape index (κ1) is 25.1. The highest BCUT2D eigenvalue weighted by atomic mass is 127. The van der Waals surface area contributed by atoms with E-state index in [2.05, 4.69) is 32.7 Å². The van der Waals surface area contributed by atoms with Crippen LogP contribution in [-0.4, -0.2) is 62.7 Å². The van der Waals surface area contributed by atoms with E-state index in [0.29, 0.717) is 45.2 Å². The fourth-order valence-corrected chi connectivity index (χ4v) is 1.92. The molecule has 0 saturated carbocycles. The van der Waals surface area contributed by atoms with Crippen LogP contribution < -0.4 is 10.6 Å². The number of rotatable bonds is 13. The van der Waals surface area contributed by atoms with E-state index in [1.54, 1.807) is 7.05 Å². The average molecular weight is 483 g/mol. The van der Waals surface area contributed by atoms with E-state index >= 15 is 0 Å². The normalized spacial score (nSPS) is 11.5. The molecule has 0 aliphatic heterocycles. The van der Waals surface area contributed by atoms with E-state index in [-0.39, 0.29) is 29.9 Å². The van der Waals surface area contributed by atoms with Crippen molar-refractivity contribution in [2.75, 3.05) is 46.6 Å². The van der Waals surface area contributed by atoms with E-state index < -0.39 is 0 Å². The SMILES string of the molecule is CCCCOCCOCCNC(=NC)NCCc1nc(C(C)C)no1.I.